The fourth-order valence-corrected chi connectivity index (χ4v) is 3.20. The zero-order valence-corrected chi connectivity index (χ0v) is 14.9. The van der Waals surface area contributed by atoms with Crippen molar-refractivity contribution in [3.05, 3.63) is 64.7 Å². The Kier molecular flexibility index (Phi) is 4.62. The van der Waals surface area contributed by atoms with Crippen LogP contribution in [0.5, 0.6) is 0 Å². The van der Waals surface area contributed by atoms with Crippen LogP contribution in [0.25, 0.3) is 0 Å². The smallest absolute Gasteiger partial charge is 0.339 e. The molecule has 1 heterocycles. The van der Waals surface area contributed by atoms with Gasteiger partial charge in [-0.1, -0.05) is 44.2 Å². The van der Waals surface area contributed by atoms with Gasteiger partial charge in [-0.3, -0.25) is 4.79 Å². The van der Waals surface area contributed by atoms with Crippen LogP contribution < -0.4 is 5.32 Å². The molecule has 130 valence electrons. The second-order valence-corrected chi connectivity index (χ2v) is 6.61. The van der Waals surface area contributed by atoms with Gasteiger partial charge in [-0.05, 0) is 48.6 Å². The van der Waals surface area contributed by atoms with Crippen LogP contribution in [0.2, 0.25) is 0 Å². The summed E-state index contributed by atoms with van der Waals surface area (Å²) in [5, 5.41) is 2.94. The van der Waals surface area contributed by atoms with E-state index in [1.807, 2.05) is 43.3 Å². The molecular formula is C21H23NO3. The summed E-state index contributed by atoms with van der Waals surface area (Å²) >= 11 is 0. The maximum atomic E-state index is 12.9. The molecule has 2 aromatic rings. The van der Waals surface area contributed by atoms with Gasteiger partial charge in [0.15, 0.2) is 5.60 Å². The van der Waals surface area contributed by atoms with Gasteiger partial charge in [0.25, 0.3) is 5.91 Å². The van der Waals surface area contributed by atoms with E-state index in [4.69, 9.17) is 4.74 Å². The monoisotopic (exact) mass is 337 g/mol. The van der Waals surface area contributed by atoms with E-state index in [2.05, 4.69) is 12.2 Å². The van der Waals surface area contributed by atoms with E-state index in [-0.39, 0.29) is 5.91 Å². The Morgan fingerprint density at radius 2 is 1.92 bits per heavy atom. The number of amides is 1. The summed E-state index contributed by atoms with van der Waals surface area (Å²) < 4.78 is 5.53. The highest BCUT2D eigenvalue weighted by Gasteiger charge is 2.42. The average molecular weight is 337 g/mol. The summed E-state index contributed by atoms with van der Waals surface area (Å²) in [5.41, 5.74) is 3.17. The molecule has 0 saturated heterocycles. The third kappa shape index (κ3) is 3.29. The van der Waals surface area contributed by atoms with Gasteiger partial charge in [0, 0.05) is 12.1 Å². The molecule has 0 aromatic heterocycles. The van der Waals surface area contributed by atoms with Crippen LogP contribution >= 0.6 is 0 Å². The lowest BCUT2D eigenvalue weighted by molar-refractivity contribution is -0.134. The number of fused-ring (bicyclic) bond motifs is 1. The minimum atomic E-state index is -1.21. The number of hydrogen-bond acceptors (Lipinski definition) is 3. The van der Waals surface area contributed by atoms with Crippen LogP contribution in [-0.4, -0.2) is 17.5 Å². The molecule has 2 aromatic carbocycles. The van der Waals surface area contributed by atoms with Gasteiger partial charge in [-0.15, -0.1) is 0 Å². The van der Waals surface area contributed by atoms with Gasteiger partial charge in [0.05, 0.1) is 5.56 Å². The number of nitrogens with one attached hydrogen (secondary N) is 1. The lowest BCUT2D eigenvalue weighted by Crippen LogP contribution is -2.49. The molecule has 0 bridgehead atoms. The van der Waals surface area contributed by atoms with Gasteiger partial charge in [0.2, 0.25) is 0 Å². The molecular weight excluding hydrogens is 314 g/mol. The standard InChI is InChI=1S/C21H23NO3/c1-4-14-10-11-17-16(12-14)13-21(3,25-19(17)23)20(24)22-18-9-7-6-8-15(18)5-2/h6-12H,4-5,13H2,1-3H3,(H,22,24). The molecule has 1 aliphatic heterocycles. The second kappa shape index (κ2) is 6.71. The number of carbonyl (C=O) groups is 2. The summed E-state index contributed by atoms with van der Waals surface area (Å²) in [7, 11) is 0. The van der Waals surface area contributed by atoms with Gasteiger partial charge in [-0.25, -0.2) is 4.79 Å². The highest BCUT2D eigenvalue weighted by molar-refractivity contribution is 6.02. The van der Waals surface area contributed by atoms with E-state index in [0.717, 1.165) is 35.2 Å². The number of rotatable bonds is 4. The van der Waals surface area contributed by atoms with Crippen molar-refractivity contribution in [2.24, 2.45) is 0 Å². The van der Waals surface area contributed by atoms with E-state index < -0.39 is 11.6 Å². The van der Waals surface area contributed by atoms with Gasteiger partial charge >= 0.3 is 5.97 Å². The average Bonchev–Trinajstić information content (AvgIpc) is 2.61. The SMILES string of the molecule is CCc1ccc2c(c1)CC(C)(C(=O)Nc1ccccc1CC)OC2=O. The quantitative estimate of drug-likeness (QED) is 0.860. The minimum Gasteiger partial charge on any atom is -0.445 e. The minimum absolute atomic E-state index is 0.297. The van der Waals surface area contributed by atoms with Crippen molar-refractivity contribution >= 4 is 17.6 Å². The van der Waals surface area contributed by atoms with Crippen LogP contribution in [0, 0.1) is 0 Å². The van der Waals surface area contributed by atoms with Crippen LogP contribution in [0.4, 0.5) is 5.69 Å². The van der Waals surface area contributed by atoms with Crippen molar-refractivity contribution in [3.8, 4) is 0 Å². The van der Waals surface area contributed by atoms with E-state index in [1.165, 1.54) is 0 Å². The van der Waals surface area contributed by atoms with Crippen molar-refractivity contribution in [3.63, 3.8) is 0 Å². The first-order valence-corrected chi connectivity index (χ1v) is 8.71. The van der Waals surface area contributed by atoms with Crippen molar-refractivity contribution in [1.29, 1.82) is 0 Å². The first-order valence-electron chi connectivity index (χ1n) is 8.71. The zero-order chi connectivity index (χ0) is 18.0. The second-order valence-electron chi connectivity index (χ2n) is 6.61. The molecule has 1 N–H and O–H groups in total. The van der Waals surface area contributed by atoms with E-state index in [1.54, 1.807) is 13.0 Å². The Bertz CT molecular complexity index is 828. The number of benzene rings is 2. The molecule has 1 amide bonds. The number of esters is 1. The van der Waals surface area contributed by atoms with E-state index in [9.17, 15) is 9.59 Å². The molecule has 0 saturated carbocycles. The molecule has 1 aliphatic rings. The van der Waals surface area contributed by atoms with E-state index >= 15 is 0 Å². The first kappa shape index (κ1) is 17.2. The highest BCUT2D eigenvalue weighted by Crippen LogP contribution is 2.30. The van der Waals surface area contributed by atoms with Crippen molar-refractivity contribution in [1.82, 2.24) is 0 Å². The molecule has 0 spiro atoms. The molecule has 4 nitrogen and oxygen atoms in total. The fraction of sp³-hybridized carbons (Fsp3) is 0.333. The Hall–Kier alpha value is -2.62. The summed E-state index contributed by atoms with van der Waals surface area (Å²) in [6, 6.07) is 13.4. The highest BCUT2D eigenvalue weighted by atomic mass is 16.6. The topological polar surface area (TPSA) is 55.4 Å². The summed E-state index contributed by atoms with van der Waals surface area (Å²) in [4.78, 5) is 25.3. The predicted octanol–water partition coefficient (Wildman–Crippen LogP) is 3.92. The lowest BCUT2D eigenvalue weighted by atomic mass is 9.88. The largest absolute Gasteiger partial charge is 0.445 e. The summed E-state index contributed by atoms with van der Waals surface area (Å²) in [5.74, 6) is -0.736. The van der Waals surface area contributed by atoms with Crippen molar-refractivity contribution in [2.45, 2.75) is 45.6 Å². The maximum Gasteiger partial charge on any atom is 0.339 e. The molecule has 0 fully saturated rings. The third-order valence-corrected chi connectivity index (χ3v) is 4.77. The third-order valence-electron chi connectivity index (χ3n) is 4.77. The Labute approximate surface area is 148 Å². The first-order chi connectivity index (χ1) is 12.0. The molecule has 3 rings (SSSR count). The van der Waals surface area contributed by atoms with Crippen LogP contribution in [0.15, 0.2) is 42.5 Å². The van der Waals surface area contributed by atoms with Crippen LogP contribution in [-0.2, 0) is 28.8 Å². The molecule has 0 radical (unpaired) electrons. The number of anilines is 1. The number of aryl methyl sites for hydroxylation is 2. The Morgan fingerprint density at radius 3 is 2.64 bits per heavy atom. The number of ether oxygens (including phenoxy) is 1. The fourth-order valence-electron chi connectivity index (χ4n) is 3.20. The van der Waals surface area contributed by atoms with Gasteiger partial charge in [0.1, 0.15) is 0 Å². The number of carbonyl (C=O) groups excluding carboxylic acids is 2. The number of para-hydroxylation sites is 1. The normalized spacial score (nSPS) is 19.1. The maximum absolute atomic E-state index is 12.9. The lowest BCUT2D eigenvalue weighted by Gasteiger charge is -2.33. The molecule has 1 unspecified atom stereocenters. The van der Waals surface area contributed by atoms with Crippen molar-refractivity contribution in [2.75, 3.05) is 5.32 Å². The molecule has 4 heteroatoms. The molecule has 0 aliphatic carbocycles. The summed E-state index contributed by atoms with van der Waals surface area (Å²) in [6.07, 6.45) is 2.08. The number of cyclic esters (lactones) is 1. The van der Waals surface area contributed by atoms with Crippen LogP contribution in [0.1, 0.15) is 47.8 Å². The zero-order valence-electron chi connectivity index (χ0n) is 14.9. The Morgan fingerprint density at radius 1 is 1.16 bits per heavy atom. The van der Waals surface area contributed by atoms with Gasteiger partial charge < -0.3 is 10.1 Å². The summed E-state index contributed by atoms with van der Waals surface area (Å²) in [6.45, 7) is 5.78. The van der Waals surface area contributed by atoms with Crippen molar-refractivity contribution < 1.29 is 14.3 Å². The molecule has 1 atom stereocenters. The predicted molar refractivity (Wildman–Crippen MR) is 97.8 cm³/mol. The van der Waals surface area contributed by atoms with Gasteiger partial charge in [-0.2, -0.15) is 0 Å². The van der Waals surface area contributed by atoms with Crippen LogP contribution in [0.3, 0.4) is 0 Å². The number of hydrogen-bond donors (Lipinski definition) is 1. The van der Waals surface area contributed by atoms with E-state index in [0.29, 0.717) is 12.0 Å². The Balaban J connectivity index is 1.88. The molecule has 25 heavy (non-hydrogen) atoms.